The highest BCUT2D eigenvalue weighted by molar-refractivity contribution is 7.89. The molecule has 10 heteroatoms. The molecular weight excluding hydrogens is 438 g/mol. The summed E-state index contributed by atoms with van der Waals surface area (Å²) in [5.41, 5.74) is 2.25. The number of aromatic nitrogens is 1. The lowest BCUT2D eigenvalue weighted by Gasteiger charge is -2.22. The Morgan fingerprint density at radius 1 is 1.35 bits per heavy atom. The van der Waals surface area contributed by atoms with Crippen molar-refractivity contribution in [2.75, 3.05) is 17.2 Å². The molecule has 3 rings (SSSR count). The number of benzene rings is 1. The maximum atomic E-state index is 12.6. The lowest BCUT2D eigenvalue weighted by Crippen LogP contribution is -2.42. The van der Waals surface area contributed by atoms with Crippen molar-refractivity contribution in [1.29, 1.82) is 0 Å². The van der Waals surface area contributed by atoms with Crippen LogP contribution in [-0.2, 0) is 31.0 Å². The maximum Gasteiger partial charge on any atom is 0.324 e. The molecule has 0 spiro atoms. The molecule has 168 valence electrons. The van der Waals surface area contributed by atoms with Crippen molar-refractivity contribution in [3.05, 3.63) is 40.9 Å². The number of sulfonamides is 1. The number of ether oxygens (including phenoxy) is 1. The highest BCUT2D eigenvalue weighted by atomic mass is 32.2. The zero-order valence-corrected chi connectivity index (χ0v) is 19.5. The number of rotatable bonds is 8. The van der Waals surface area contributed by atoms with Gasteiger partial charge in [0.05, 0.1) is 17.1 Å². The summed E-state index contributed by atoms with van der Waals surface area (Å²) in [5, 5.41) is 2.21. The molecule has 1 aliphatic heterocycles. The molecule has 0 bridgehead atoms. The van der Waals surface area contributed by atoms with Crippen LogP contribution in [-0.4, -0.2) is 47.9 Å². The molecule has 0 saturated carbocycles. The summed E-state index contributed by atoms with van der Waals surface area (Å²) in [4.78, 5) is 30.8. The van der Waals surface area contributed by atoms with E-state index in [0.29, 0.717) is 42.3 Å². The first kappa shape index (κ1) is 23.4. The molecule has 1 unspecified atom stereocenters. The highest BCUT2D eigenvalue weighted by Crippen LogP contribution is 2.30. The number of esters is 1. The van der Waals surface area contributed by atoms with Gasteiger partial charge in [0, 0.05) is 18.8 Å². The van der Waals surface area contributed by atoms with E-state index in [-0.39, 0.29) is 18.3 Å². The predicted octanol–water partition coefficient (Wildman–Crippen LogP) is 3.38. The smallest absolute Gasteiger partial charge is 0.324 e. The van der Waals surface area contributed by atoms with Crippen molar-refractivity contribution in [3.63, 3.8) is 0 Å². The van der Waals surface area contributed by atoms with E-state index < -0.39 is 22.0 Å². The molecule has 2 heterocycles. The Morgan fingerprint density at radius 2 is 2.13 bits per heavy atom. The largest absolute Gasteiger partial charge is 0.458 e. The minimum Gasteiger partial charge on any atom is -0.458 e. The molecule has 1 aromatic heterocycles. The van der Waals surface area contributed by atoms with E-state index in [4.69, 9.17) is 4.74 Å². The van der Waals surface area contributed by atoms with Crippen molar-refractivity contribution in [2.24, 2.45) is 0 Å². The Bertz CT molecular complexity index is 1050. The van der Waals surface area contributed by atoms with E-state index in [2.05, 4.69) is 4.98 Å². The molecule has 1 amide bonds. The molecule has 1 atom stereocenters. The van der Waals surface area contributed by atoms with E-state index in [1.807, 2.05) is 31.2 Å². The van der Waals surface area contributed by atoms with Crippen LogP contribution in [0.15, 0.2) is 29.6 Å². The lowest BCUT2D eigenvalue weighted by atomic mass is 10.2. The molecule has 0 radical (unpaired) electrons. The molecule has 0 N–H and O–H groups in total. The van der Waals surface area contributed by atoms with Gasteiger partial charge in [0.1, 0.15) is 12.6 Å². The van der Waals surface area contributed by atoms with Crippen molar-refractivity contribution in [3.8, 4) is 0 Å². The number of carbonyl (C=O) groups excluding carboxylic acids is 2. The van der Waals surface area contributed by atoms with Crippen LogP contribution in [0.1, 0.15) is 44.4 Å². The molecule has 1 aliphatic rings. The highest BCUT2D eigenvalue weighted by Gasteiger charge is 2.39. The Hall–Kier alpha value is -2.30. The summed E-state index contributed by atoms with van der Waals surface area (Å²) in [7, 11) is -3.46. The fourth-order valence-corrected chi connectivity index (χ4v) is 6.19. The Morgan fingerprint density at radius 3 is 2.81 bits per heavy atom. The number of hydrogen-bond acceptors (Lipinski definition) is 7. The number of amides is 1. The van der Waals surface area contributed by atoms with Gasteiger partial charge < -0.3 is 4.74 Å². The van der Waals surface area contributed by atoms with Gasteiger partial charge in [-0.3, -0.25) is 14.5 Å². The normalized spacial score (nSPS) is 16.9. The fourth-order valence-electron chi connectivity index (χ4n) is 3.58. The van der Waals surface area contributed by atoms with Crippen molar-refractivity contribution in [1.82, 2.24) is 9.29 Å². The minimum absolute atomic E-state index is 0.0199. The molecule has 31 heavy (non-hydrogen) atoms. The topological polar surface area (TPSA) is 96.9 Å². The second-order valence-corrected chi connectivity index (χ2v) is 10.4. The van der Waals surface area contributed by atoms with Gasteiger partial charge in [0.2, 0.25) is 15.9 Å². The van der Waals surface area contributed by atoms with Gasteiger partial charge in [-0.15, -0.1) is 11.3 Å². The molecule has 8 nitrogen and oxygen atoms in total. The maximum absolute atomic E-state index is 12.6. The van der Waals surface area contributed by atoms with Gasteiger partial charge in [0.25, 0.3) is 0 Å². The SMILES string of the molecule is CCCS(=O)(=O)N1CCCC1C(=O)OCc1csc(N(C(C)=O)c2cccc(C)c2)n1. The number of anilines is 2. The van der Waals surface area contributed by atoms with E-state index in [1.54, 1.807) is 12.3 Å². The van der Waals surface area contributed by atoms with Gasteiger partial charge in [0.15, 0.2) is 5.13 Å². The van der Waals surface area contributed by atoms with Crippen LogP contribution < -0.4 is 4.90 Å². The Kier molecular flexibility index (Phi) is 7.45. The van der Waals surface area contributed by atoms with E-state index in [9.17, 15) is 18.0 Å². The van der Waals surface area contributed by atoms with Crippen molar-refractivity contribution < 1.29 is 22.7 Å². The second kappa shape index (κ2) is 9.88. The number of hydrogen-bond donors (Lipinski definition) is 0. The second-order valence-electron chi connectivity index (χ2n) is 7.51. The fraction of sp³-hybridized carbons (Fsp3) is 0.476. The van der Waals surface area contributed by atoms with Gasteiger partial charge >= 0.3 is 5.97 Å². The van der Waals surface area contributed by atoms with Crippen LogP contribution in [0.5, 0.6) is 0 Å². The molecule has 2 aromatic rings. The first-order valence-electron chi connectivity index (χ1n) is 10.2. The third-order valence-corrected chi connectivity index (χ3v) is 7.91. The third kappa shape index (κ3) is 5.50. The van der Waals surface area contributed by atoms with Crippen molar-refractivity contribution in [2.45, 2.75) is 52.7 Å². The van der Waals surface area contributed by atoms with Crippen LogP contribution in [0.3, 0.4) is 0 Å². The van der Waals surface area contributed by atoms with Crippen LogP contribution >= 0.6 is 11.3 Å². The van der Waals surface area contributed by atoms with Crippen molar-refractivity contribution >= 4 is 44.1 Å². The average Bonchev–Trinajstić information content (AvgIpc) is 3.36. The Labute approximate surface area is 186 Å². The van der Waals surface area contributed by atoms with Crippen LogP contribution in [0.4, 0.5) is 10.8 Å². The number of aryl methyl sites for hydroxylation is 1. The first-order valence-corrected chi connectivity index (χ1v) is 12.7. The van der Waals surface area contributed by atoms with Crippen LogP contribution in [0.2, 0.25) is 0 Å². The zero-order valence-electron chi connectivity index (χ0n) is 17.9. The predicted molar refractivity (Wildman–Crippen MR) is 120 cm³/mol. The van der Waals surface area contributed by atoms with E-state index in [1.165, 1.54) is 27.5 Å². The molecular formula is C21H27N3O5S2. The van der Waals surface area contributed by atoms with Gasteiger partial charge in [-0.25, -0.2) is 13.4 Å². The summed E-state index contributed by atoms with van der Waals surface area (Å²) in [6.07, 6.45) is 1.58. The molecule has 1 saturated heterocycles. The summed E-state index contributed by atoms with van der Waals surface area (Å²) in [6.45, 7) is 5.47. The van der Waals surface area contributed by atoms with E-state index in [0.717, 1.165) is 5.56 Å². The van der Waals surface area contributed by atoms with Gasteiger partial charge in [-0.1, -0.05) is 19.1 Å². The first-order chi connectivity index (χ1) is 14.7. The average molecular weight is 466 g/mol. The number of carbonyl (C=O) groups is 2. The standard InChI is InChI=1S/C21H27N3O5S2/c1-4-11-31(27,28)23-10-6-9-19(23)20(26)29-13-17-14-30-21(22-17)24(16(3)25)18-8-5-7-15(2)12-18/h5,7-8,12,14,19H,4,6,9-11,13H2,1-3H3. The van der Waals surface area contributed by atoms with Gasteiger partial charge in [-0.05, 0) is 43.9 Å². The lowest BCUT2D eigenvalue weighted by molar-refractivity contribution is -0.148. The summed E-state index contributed by atoms with van der Waals surface area (Å²) >= 11 is 1.28. The van der Waals surface area contributed by atoms with Crippen LogP contribution in [0.25, 0.3) is 0 Å². The summed E-state index contributed by atoms with van der Waals surface area (Å²) in [6, 6.07) is 6.77. The summed E-state index contributed by atoms with van der Waals surface area (Å²) in [5.74, 6) is -0.716. The van der Waals surface area contributed by atoms with Gasteiger partial charge in [-0.2, -0.15) is 4.31 Å². The number of nitrogens with zero attached hydrogens (tertiary/aromatic N) is 3. The minimum atomic E-state index is -3.46. The molecule has 0 aliphatic carbocycles. The Balaban J connectivity index is 1.68. The molecule has 1 fully saturated rings. The zero-order chi connectivity index (χ0) is 22.6. The summed E-state index contributed by atoms with van der Waals surface area (Å²) < 4.78 is 31.4. The van der Waals surface area contributed by atoms with E-state index >= 15 is 0 Å². The monoisotopic (exact) mass is 465 g/mol. The quantitative estimate of drug-likeness (QED) is 0.555. The third-order valence-electron chi connectivity index (χ3n) is 4.96. The number of thiazole rings is 1. The molecule has 1 aromatic carbocycles. The van der Waals surface area contributed by atoms with Crippen LogP contribution in [0, 0.1) is 6.92 Å².